The first-order chi connectivity index (χ1) is 25.6. The lowest BCUT2D eigenvalue weighted by Crippen LogP contribution is -2.46. The number of nitrogens with zero attached hydrogens (tertiary/aromatic N) is 3. The molecule has 1 aromatic heterocycles. The molecule has 1 aliphatic heterocycles. The van der Waals surface area contributed by atoms with Crippen molar-refractivity contribution in [2.75, 3.05) is 31.1 Å². The Hall–Kier alpha value is -4.94. The zero-order chi connectivity index (χ0) is 36.2. The van der Waals surface area contributed by atoms with E-state index in [0.717, 1.165) is 83.4 Å². The minimum atomic E-state index is -0.471. The average Bonchev–Trinajstić information content (AvgIpc) is 3.49. The van der Waals surface area contributed by atoms with Crippen molar-refractivity contribution >= 4 is 22.6 Å². The van der Waals surface area contributed by atoms with Gasteiger partial charge in [0.1, 0.15) is 0 Å². The van der Waals surface area contributed by atoms with Gasteiger partial charge in [0.15, 0.2) is 11.4 Å². The van der Waals surface area contributed by atoms with Gasteiger partial charge in [0.25, 0.3) is 0 Å². The highest BCUT2D eigenvalue weighted by Gasteiger charge is 2.22. The number of anilines is 1. The first-order valence-electron chi connectivity index (χ1n) is 19.1. The fourth-order valence-electron chi connectivity index (χ4n) is 6.51. The lowest BCUT2D eigenvalue weighted by atomic mass is 10.0. The average molecular weight is 698 g/mol. The van der Waals surface area contributed by atoms with Crippen molar-refractivity contribution in [1.82, 2.24) is 9.47 Å². The normalized spacial score (nSPS) is 14.4. The van der Waals surface area contributed by atoms with E-state index < -0.39 is 5.76 Å². The molecule has 52 heavy (non-hydrogen) atoms. The highest BCUT2D eigenvalue weighted by molar-refractivity contribution is 5.88. The van der Waals surface area contributed by atoms with Crippen molar-refractivity contribution in [1.29, 1.82) is 0 Å². The van der Waals surface area contributed by atoms with E-state index in [1.165, 1.54) is 27.7 Å². The van der Waals surface area contributed by atoms with Crippen LogP contribution in [0.5, 0.6) is 0 Å². The molecule has 272 valence electrons. The molecule has 1 aliphatic rings. The van der Waals surface area contributed by atoms with Crippen LogP contribution in [0, 0.1) is 0 Å². The Balaban J connectivity index is 1.01. The van der Waals surface area contributed by atoms with Crippen LogP contribution in [0.3, 0.4) is 0 Å². The predicted octanol–water partition coefficient (Wildman–Crippen LogP) is 10.5. The van der Waals surface area contributed by atoms with E-state index in [-0.39, 0.29) is 12.3 Å². The van der Waals surface area contributed by atoms with E-state index in [4.69, 9.17) is 4.42 Å². The van der Waals surface area contributed by atoms with Crippen molar-refractivity contribution in [3.8, 4) is 11.1 Å². The van der Waals surface area contributed by atoms with E-state index in [1.54, 1.807) is 0 Å². The minimum absolute atomic E-state index is 0.0386. The highest BCUT2D eigenvalue weighted by Crippen LogP contribution is 2.28. The molecule has 6 nitrogen and oxygen atoms in total. The van der Waals surface area contributed by atoms with Gasteiger partial charge < -0.3 is 9.32 Å². The van der Waals surface area contributed by atoms with E-state index in [0.29, 0.717) is 17.5 Å². The number of aromatic nitrogens is 1. The number of rotatable bonds is 20. The summed E-state index contributed by atoms with van der Waals surface area (Å²) in [4.78, 5) is 30.6. The van der Waals surface area contributed by atoms with Crippen LogP contribution in [0.1, 0.15) is 70.3 Å². The number of oxazole rings is 1. The van der Waals surface area contributed by atoms with Crippen LogP contribution in [0.2, 0.25) is 0 Å². The summed E-state index contributed by atoms with van der Waals surface area (Å²) in [6, 6.07) is 25.1. The summed E-state index contributed by atoms with van der Waals surface area (Å²) < 4.78 is 7.27. The maximum absolute atomic E-state index is 12.9. The Kier molecular flexibility index (Phi) is 15.8. The Morgan fingerprint density at radius 3 is 1.98 bits per heavy atom. The van der Waals surface area contributed by atoms with Crippen LogP contribution in [-0.4, -0.2) is 41.4 Å². The zero-order valence-electron chi connectivity index (χ0n) is 30.9. The van der Waals surface area contributed by atoms with Crippen LogP contribution >= 0.6 is 0 Å². The van der Waals surface area contributed by atoms with Crippen molar-refractivity contribution in [2.45, 2.75) is 77.8 Å². The van der Waals surface area contributed by atoms with Crippen LogP contribution in [0.4, 0.5) is 5.69 Å². The molecule has 0 unspecified atom stereocenters. The maximum Gasteiger partial charge on any atom is 0.420 e. The van der Waals surface area contributed by atoms with Crippen molar-refractivity contribution in [2.24, 2.45) is 0 Å². The molecule has 5 rings (SSSR count). The van der Waals surface area contributed by atoms with Gasteiger partial charge in [-0.3, -0.25) is 14.3 Å². The first kappa shape index (κ1) is 38.3. The standard InChI is InChI=1S/C46H55N3O3/c1-2-3-4-5-6-7-8-9-10-11-12-13-14-15-16-17-18-22-29-42(50)38-49-44-31-24-30-43(45(44)52-46(49)51)48-34-32-47(33-35-48)37-39-25-23-28-41(36-39)40-26-20-19-21-27-40/h4-5,7-8,10-11,13-14,16-17,19-21,23-28,30-31,36H,2-3,6,9,12,15,18,22,29,32-35,37-38H2,1H3/b5-4-,8-7-,11-10-,14-13-,17-16-. The molecule has 1 fully saturated rings. The SMILES string of the molecule is CCC/C=C\C/C=C\C/C=C\C/C=C\C/C=C\CCCC(=O)Cn1c(=O)oc2c(N3CCN(Cc4cccc(-c5ccccc5)c4)CC3)cccc21. The maximum atomic E-state index is 12.9. The monoisotopic (exact) mass is 697 g/mol. The fourth-order valence-corrected chi connectivity index (χ4v) is 6.51. The molecule has 0 aliphatic carbocycles. The minimum Gasteiger partial charge on any atom is -0.405 e. The molecule has 0 spiro atoms. The van der Waals surface area contributed by atoms with E-state index in [1.807, 2.05) is 24.3 Å². The van der Waals surface area contributed by atoms with E-state index in [9.17, 15) is 9.59 Å². The van der Waals surface area contributed by atoms with Crippen LogP contribution in [0.15, 0.2) is 143 Å². The summed E-state index contributed by atoms with van der Waals surface area (Å²) in [5, 5.41) is 0. The van der Waals surface area contributed by atoms with Crippen molar-refractivity contribution in [3.05, 3.63) is 150 Å². The van der Waals surface area contributed by atoms with Crippen LogP contribution < -0.4 is 10.7 Å². The number of para-hydroxylation sites is 1. The Morgan fingerprint density at radius 1 is 0.692 bits per heavy atom. The number of fused-ring (bicyclic) bond motifs is 1. The summed E-state index contributed by atoms with van der Waals surface area (Å²) >= 11 is 0. The molecule has 0 bridgehead atoms. The van der Waals surface area contributed by atoms with Gasteiger partial charge in [0.05, 0.1) is 17.7 Å². The van der Waals surface area contributed by atoms with Crippen molar-refractivity contribution < 1.29 is 9.21 Å². The van der Waals surface area contributed by atoms with Gasteiger partial charge in [-0.15, -0.1) is 0 Å². The number of unbranched alkanes of at least 4 members (excludes halogenated alkanes) is 2. The van der Waals surface area contributed by atoms with Crippen molar-refractivity contribution in [3.63, 3.8) is 0 Å². The first-order valence-corrected chi connectivity index (χ1v) is 19.1. The smallest absolute Gasteiger partial charge is 0.405 e. The molecule has 0 saturated carbocycles. The number of hydrogen-bond acceptors (Lipinski definition) is 5. The molecule has 2 heterocycles. The Labute approximate surface area is 310 Å². The van der Waals surface area contributed by atoms with Gasteiger partial charge in [-0.2, -0.15) is 0 Å². The molecular weight excluding hydrogens is 643 g/mol. The molecule has 0 amide bonds. The van der Waals surface area contributed by atoms with E-state index >= 15 is 0 Å². The third-order valence-corrected chi connectivity index (χ3v) is 9.37. The number of hydrogen-bond donors (Lipinski definition) is 0. The Bertz CT molecular complexity index is 1880. The summed E-state index contributed by atoms with van der Waals surface area (Å²) in [6.07, 6.45) is 30.2. The number of Topliss-reactive ketones (excluding diaryl/α,β-unsaturated/α-hetero) is 1. The van der Waals surface area contributed by atoms with Gasteiger partial charge in [0.2, 0.25) is 0 Å². The number of carbonyl (C=O) groups excluding carboxylic acids is 1. The third-order valence-electron chi connectivity index (χ3n) is 9.37. The van der Waals surface area contributed by atoms with Crippen LogP contribution in [0.25, 0.3) is 22.2 Å². The number of ketones is 1. The lowest BCUT2D eigenvalue weighted by Gasteiger charge is -2.36. The summed E-state index contributed by atoms with van der Waals surface area (Å²) in [6.45, 7) is 6.62. The molecule has 0 N–H and O–H groups in total. The summed E-state index contributed by atoms with van der Waals surface area (Å²) in [5.74, 6) is -0.427. The van der Waals surface area contributed by atoms with E-state index in [2.05, 4.69) is 126 Å². The largest absolute Gasteiger partial charge is 0.420 e. The Morgan fingerprint density at radius 2 is 1.31 bits per heavy atom. The highest BCUT2D eigenvalue weighted by atomic mass is 16.4. The fraction of sp³-hybridized carbons (Fsp3) is 0.348. The van der Waals surface area contributed by atoms with Gasteiger partial charge in [-0.1, -0.05) is 129 Å². The van der Waals surface area contributed by atoms with Crippen LogP contribution in [-0.2, 0) is 17.9 Å². The molecule has 0 radical (unpaired) electrons. The molecular formula is C46H55N3O3. The second-order valence-corrected chi connectivity index (χ2v) is 13.4. The molecule has 3 aromatic carbocycles. The van der Waals surface area contributed by atoms with Gasteiger partial charge in [0, 0.05) is 39.1 Å². The number of benzene rings is 3. The summed E-state index contributed by atoms with van der Waals surface area (Å²) in [5.41, 5.74) is 5.94. The second kappa shape index (κ2) is 21.4. The molecule has 6 heteroatoms. The van der Waals surface area contributed by atoms with Gasteiger partial charge >= 0.3 is 5.76 Å². The quantitative estimate of drug-likeness (QED) is 0.0680. The molecule has 4 aromatic rings. The topological polar surface area (TPSA) is 58.7 Å². The zero-order valence-corrected chi connectivity index (χ0v) is 30.9. The molecule has 1 saturated heterocycles. The number of allylic oxidation sites excluding steroid dienone is 10. The third kappa shape index (κ3) is 12.1. The second-order valence-electron chi connectivity index (χ2n) is 13.4. The summed E-state index contributed by atoms with van der Waals surface area (Å²) in [7, 11) is 0. The van der Waals surface area contributed by atoms with Gasteiger partial charge in [-0.25, -0.2) is 4.79 Å². The number of carbonyl (C=O) groups is 1. The molecule has 0 atom stereocenters. The number of piperazine rings is 1. The lowest BCUT2D eigenvalue weighted by molar-refractivity contribution is -0.119. The van der Waals surface area contributed by atoms with Gasteiger partial charge in [-0.05, 0) is 79.8 Å². The predicted molar refractivity (Wildman–Crippen MR) is 218 cm³/mol.